The lowest BCUT2D eigenvalue weighted by Crippen LogP contribution is -2.22. The van der Waals surface area contributed by atoms with Crippen molar-refractivity contribution in [2.24, 2.45) is 7.05 Å². The third-order valence-electron chi connectivity index (χ3n) is 2.66. The highest BCUT2D eigenvalue weighted by Crippen LogP contribution is 2.22. The molecule has 0 aliphatic heterocycles. The maximum absolute atomic E-state index is 11.6. The lowest BCUT2D eigenvalue weighted by Gasteiger charge is -2.03. The molecule has 0 unspecified atom stereocenters. The number of aromatic nitrogens is 2. The molecule has 0 atom stereocenters. The zero-order chi connectivity index (χ0) is 13.3. The van der Waals surface area contributed by atoms with E-state index in [9.17, 15) is 14.9 Å². The summed E-state index contributed by atoms with van der Waals surface area (Å²) in [6.07, 6.45) is 3.26. The first kappa shape index (κ1) is 11.9. The van der Waals surface area contributed by atoms with Crippen LogP contribution in [-0.2, 0) is 13.6 Å². The minimum absolute atomic E-state index is 0.115. The Hall–Kier alpha value is -2.57. The van der Waals surface area contributed by atoms with E-state index < -0.39 is 4.92 Å². The first-order valence-corrected chi connectivity index (χ1v) is 5.23. The van der Waals surface area contributed by atoms with Crippen LogP contribution in [0.4, 0.5) is 11.4 Å². The van der Waals surface area contributed by atoms with E-state index in [0.717, 1.165) is 0 Å². The van der Waals surface area contributed by atoms with Crippen molar-refractivity contribution in [3.05, 3.63) is 56.8 Å². The molecule has 2 N–H and O–H groups in total. The Labute approximate surface area is 102 Å². The number of nitrogens with zero attached hydrogens (tertiary/aromatic N) is 3. The first-order valence-electron chi connectivity index (χ1n) is 5.23. The second-order valence-corrected chi connectivity index (χ2v) is 3.97. The second kappa shape index (κ2) is 4.36. The molecule has 0 saturated heterocycles. The average Bonchev–Trinajstić information content (AvgIpc) is 2.63. The number of hydrogen-bond acceptors (Lipinski definition) is 4. The molecular formula is C11H12N4O3. The molecule has 2 rings (SSSR count). The number of benzene rings is 1. The fraction of sp³-hybridized carbons (Fsp3) is 0.182. The number of rotatable bonds is 3. The molecule has 18 heavy (non-hydrogen) atoms. The van der Waals surface area contributed by atoms with E-state index in [1.54, 1.807) is 25.5 Å². The normalized spacial score (nSPS) is 10.5. The summed E-state index contributed by atoms with van der Waals surface area (Å²) in [7, 11) is 1.64. The van der Waals surface area contributed by atoms with Gasteiger partial charge in [0.15, 0.2) is 0 Å². The van der Waals surface area contributed by atoms with Crippen LogP contribution in [0.5, 0.6) is 0 Å². The van der Waals surface area contributed by atoms with Gasteiger partial charge in [-0.2, -0.15) is 0 Å². The molecule has 1 aromatic carbocycles. The molecule has 0 fully saturated rings. The maximum Gasteiger partial charge on any atom is 0.328 e. The molecule has 7 nitrogen and oxygen atoms in total. The van der Waals surface area contributed by atoms with Crippen molar-refractivity contribution >= 4 is 11.4 Å². The number of nitro groups is 1. The summed E-state index contributed by atoms with van der Waals surface area (Å²) >= 11 is 0. The molecule has 2 aromatic rings. The molecule has 0 amide bonds. The van der Waals surface area contributed by atoms with Gasteiger partial charge in [-0.1, -0.05) is 6.07 Å². The number of imidazole rings is 1. The van der Waals surface area contributed by atoms with Crippen molar-refractivity contribution in [1.29, 1.82) is 0 Å². The Morgan fingerprint density at radius 3 is 2.67 bits per heavy atom. The van der Waals surface area contributed by atoms with Crippen molar-refractivity contribution < 1.29 is 4.92 Å². The van der Waals surface area contributed by atoms with Crippen LogP contribution in [-0.4, -0.2) is 14.1 Å². The predicted octanol–water partition coefficient (Wildman–Crippen LogP) is 0.725. The van der Waals surface area contributed by atoms with Crippen LogP contribution in [0.15, 0.2) is 35.4 Å². The van der Waals surface area contributed by atoms with Gasteiger partial charge < -0.3 is 10.3 Å². The Morgan fingerprint density at radius 1 is 1.39 bits per heavy atom. The summed E-state index contributed by atoms with van der Waals surface area (Å²) in [5.41, 5.74) is 5.96. The van der Waals surface area contributed by atoms with Gasteiger partial charge in [-0.05, 0) is 11.6 Å². The molecule has 0 bridgehead atoms. The van der Waals surface area contributed by atoms with Crippen molar-refractivity contribution in [1.82, 2.24) is 9.13 Å². The Morgan fingerprint density at radius 2 is 2.11 bits per heavy atom. The summed E-state index contributed by atoms with van der Waals surface area (Å²) in [4.78, 5) is 21.8. The minimum Gasteiger partial charge on any atom is -0.393 e. The molecule has 0 saturated carbocycles. The number of anilines is 1. The highest BCUT2D eigenvalue weighted by atomic mass is 16.6. The maximum atomic E-state index is 11.6. The van der Waals surface area contributed by atoms with Crippen molar-refractivity contribution in [2.45, 2.75) is 6.54 Å². The quantitative estimate of drug-likeness (QED) is 0.492. The first-order chi connectivity index (χ1) is 8.49. The van der Waals surface area contributed by atoms with Crippen LogP contribution in [0, 0.1) is 10.1 Å². The van der Waals surface area contributed by atoms with E-state index >= 15 is 0 Å². The second-order valence-electron chi connectivity index (χ2n) is 3.97. The fourth-order valence-corrected chi connectivity index (χ4v) is 1.67. The van der Waals surface area contributed by atoms with Crippen LogP contribution >= 0.6 is 0 Å². The molecule has 1 aromatic heterocycles. The van der Waals surface area contributed by atoms with E-state index in [-0.39, 0.29) is 23.6 Å². The molecule has 0 aliphatic rings. The van der Waals surface area contributed by atoms with Crippen LogP contribution in [0.1, 0.15) is 5.56 Å². The number of nitrogens with two attached hydrogens (primary N) is 1. The molecule has 7 heteroatoms. The number of nitro benzene ring substituents is 1. The van der Waals surface area contributed by atoms with E-state index in [4.69, 9.17) is 5.73 Å². The van der Waals surface area contributed by atoms with Crippen LogP contribution in [0.2, 0.25) is 0 Å². The van der Waals surface area contributed by atoms with Gasteiger partial charge in [0.1, 0.15) is 5.69 Å². The van der Waals surface area contributed by atoms with Gasteiger partial charge in [-0.3, -0.25) is 14.7 Å². The van der Waals surface area contributed by atoms with E-state index in [0.29, 0.717) is 5.56 Å². The summed E-state index contributed by atoms with van der Waals surface area (Å²) in [6, 6.07) is 4.53. The summed E-state index contributed by atoms with van der Waals surface area (Å²) in [6.45, 7) is 0.279. The molecule has 1 heterocycles. The fourth-order valence-electron chi connectivity index (χ4n) is 1.67. The summed E-state index contributed by atoms with van der Waals surface area (Å²) in [5.74, 6) is 0. The van der Waals surface area contributed by atoms with Crippen molar-refractivity contribution in [2.75, 3.05) is 5.73 Å². The number of nitrogen functional groups attached to an aromatic ring is 1. The lowest BCUT2D eigenvalue weighted by atomic mass is 10.2. The Kier molecular flexibility index (Phi) is 2.88. The average molecular weight is 248 g/mol. The van der Waals surface area contributed by atoms with Crippen molar-refractivity contribution in [3.63, 3.8) is 0 Å². The third-order valence-corrected chi connectivity index (χ3v) is 2.66. The van der Waals surface area contributed by atoms with E-state index in [2.05, 4.69) is 0 Å². The molecule has 0 spiro atoms. The van der Waals surface area contributed by atoms with Crippen LogP contribution in [0.25, 0.3) is 0 Å². The SMILES string of the molecule is Cn1ccn(Cc2ccc(N)c([N+](=O)[O-])c2)c1=O. The van der Waals surface area contributed by atoms with Crippen LogP contribution < -0.4 is 11.4 Å². The summed E-state index contributed by atoms with van der Waals surface area (Å²) < 4.78 is 2.90. The molecule has 0 aliphatic carbocycles. The van der Waals surface area contributed by atoms with E-state index in [1.807, 2.05) is 0 Å². The zero-order valence-corrected chi connectivity index (χ0v) is 9.74. The zero-order valence-electron chi connectivity index (χ0n) is 9.74. The highest BCUT2D eigenvalue weighted by Gasteiger charge is 2.12. The molecular weight excluding hydrogens is 236 g/mol. The van der Waals surface area contributed by atoms with Gasteiger partial charge in [0.25, 0.3) is 5.69 Å². The largest absolute Gasteiger partial charge is 0.393 e. The smallest absolute Gasteiger partial charge is 0.328 e. The Bertz CT molecular complexity index is 657. The van der Waals surface area contributed by atoms with Gasteiger partial charge in [-0.25, -0.2) is 4.79 Å². The third kappa shape index (κ3) is 2.10. The van der Waals surface area contributed by atoms with Gasteiger partial charge in [0, 0.05) is 25.5 Å². The molecule has 0 radical (unpaired) electrons. The van der Waals surface area contributed by atoms with Gasteiger partial charge in [0.05, 0.1) is 11.5 Å². The topological polar surface area (TPSA) is 96.1 Å². The highest BCUT2D eigenvalue weighted by molar-refractivity contribution is 5.59. The van der Waals surface area contributed by atoms with Gasteiger partial charge in [0.2, 0.25) is 0 Å². The van der Waals surface area contributed by atoms with Crippen molar-refractivity contribution in [3.8, 4) is 0 Å². The van der Waals surface area contributed by atoms with Crippen LogP contribution in [0.3, 0.4) is 0 Å². The number of aryl methyl sites for hydroxylation is 1. The molecule has 94 valence electrons. The standard InChI is InChI=1S/C11H12N4O3/c1-13-4-5-14(11(13)16)7-8-2-3-9(12)10(6-8)15(17)18/h2-6H,7,12H2,1H3. The lowest BCUT2D eigenvalue weighted by molar-refractivity contribution is -0.384. The predicted molar refractivity (Wildman–Crippen MR) is 66.3 cm³/mol. The Balaban J connectivity index is 2.36. The minimum atomic E-state index is -0.535. The summed E-state index contributed by atoms with van der Waals surface area (Å²) in [5, 5.41) is 10.8. The number of hydrogen-bond donors (Lipinski definition) is 1. The monoisotopic (exact) mass is 248 g/mol. The van der Waals surface area contributed by atoms with Gasteiger partial charge in [-0.15, -0.1) is 0 Å². The van der Waals surface area contributed by atoms with Gasteiger partial charge >= 0.3 is 5.69 Å². The van der Waals surface area contributed by atoms with E-state index in [1.165, 1.54) is 21.3 Å².